The van der Waals surface area contributed by atoms with Crippen molar-refractivity contribution in [3.63, 3.8) is 0 Å². The minimum absolute atomic E-state index is 0.0208. The molecule has 0 amide bonds. The minimum atomic E-state index is -0.0840. The zero-order valence-electron chi connectivity index (χ0n) is 8.01. The Kier molecular flexibility index (Phi) is 6.44. The van der Waals surface area contributed by atoms with E-state index in [1.54, 1.807) is 6.08 Å². The van der Waals surface area contributed by atoms with E-state index < -0.39 is 0 Å². The fourth-order valence-corrected chi connectivity index (χ4v) is 1.14. The van der Waals surface area contributed by atoms with Gasteiger partial charge in [-0.15, -0.1) is 6.58 Å². The lowest BCUT2D eigenvalue weighted by Gasteiger charge is -2.11. The zero-order valence-corrected chi connectivity index (χ0v) is 8.01. The van der Waals surface area contributed by atoms with Crippen LogP contribution in [0.3, 0.4) is 0 Å². The van der Waals surface area contributed by atoms with Crippen LogP contribution >= 0.6 is 0 Å². The van der Waals surface area contributed by atoms with E-state index in [0.717, 1.165) is 19.3 Å². The Bertz CT molecular complexity index is 141. The van der Waals surface area contributed by atoms with Crippen LogP contribution in [0.25, 0.3) is 0 Å². The smallest absolute Gasteiger partial charge is 0.309 e. The summed E-state index contributed by atoms with van der Waals surface area (Å²) in [5.74, 6) is -0.0632. The van der Waals surface area contributed by atoms with Crippen molar-refractivity contribution in [1.82, 2.24) is 0 Å². The maximum absolute atomic E-state index is 11.3. The number of carbonyl (C=O) groups excluding carboxylic acids is 1. The first-order valence-corrected chi connectivity index (χ1v) is 4.53. The van der Waals surface area contributed by atoms with Gasteiger partial charge in [-0.2, -0.15) is 0 Å². The van der Waals surface area contributed by atoms with Gasteiger partial charge in [0, 0.05) is 0 Å². The van der Waals surface area contributed by atoms with Gasteiger partial charge in [-0.1, -0.05) is 19.4 Å². The van der Waals surface area contributed by atoms with Crippen LogP contribution in [0.1, 0.15) is 33.1 Å². The quantitative estimate of drug-likeness (QED) is 0.452. The summed E-state index contributed by atoms with van der Waals surface area (Å²) in [4.78, 5) is 11.3. The number of hydrogen-bond acceptors (Lipinski definition) is 2. The lowest BCUT2D eigenvalue weighted by Crippen LogP contribution is -2.16. The molecule has 0 rings (SSSR count). The first-order valence-electron chi connectivity index (χ1n) is 4.53. The molecule has 0 heterocycles. The third-order valence-electron chi connectivity index (χ3n) is 1.71. The fraction of sp³-hybridized carbons (Fsp3) is 0.700. The predicted octanol–water partition coefficient (Wildman–Crippen LogP) is 2.54. The molecule has 0 spiro atoms. The summed E-state index contributed by atoms with van der Waals surface area (Å²) in [6.45, 7) is 7.98. The van der Waals surface area contributed by atoms with Gasteiger partial charge in [0.15, 0.2) is 0 Å². The monoisotopic (exact) mass is 170 g/mol. The number of ether oxygens (including phenoxy) is 1. The van der Waals surface area contributed by atoms with Crippen LogP contribution in [0.2, 0.25) is 0 Å². The van der Waals surface area contributed by atoms with E-state index in [2.05, 4.69) is 13.5 Å². The third kappa shape index (κ3) is 4.16. The van der Waals surface area contributed by atoms with Gasteiger partial charge in [0.2, 0.25) is 0 Å². The molecule has 0 aromatic carbocycles. The van der Waals surface area contributed by atoms with Crippen LogP contribution in [-0.2, 0) is 9.53 Å². The van der Waals surface area contributed by atoms with Crippen molar-refractivity contribution >= 4 is 5.97 Å². The van der Waals surface area contributed by atoms with Gasteiger partial charge in [-0.3, -0.25) is 4.79 Å². The predicted molar refractivity (Wildman–Crippen MR) is 49.8 cm³/mol. The number of allylic oxidation sites excluding steroid dienone is 1. The first kappa shape index (κ1) is 11.2. The first-order chi connectivity index (χ1) is 5.76. The Morgan fingerprint density at radius 1 is 1.58 bits per heavy atom. The molecule has 0 fully saturated rings. The summed E-state index contributed by atoms with van der Waals surface area (Å²) in [5.41, 5.74) is 0. The van der Waals surface area contributed by atoms with Crippen LogP contribution in [0, 0.1) is 5.92 Å². The van der Waals surface area contributed by atoms with Gasteiger partial charge >= 0.3 is 5.97 Å². The molecule has 2 heteroatoms. The van der Waals surface area contributed by atoms with Crippen LogP contribution < -0.4 is 0 Å². The van der Waals surface area contributed by atoms with E-state index in [9.17, 15) is 4.79 Å². The maximum atomic E-state index is 11.3. The van der Waals surface area contributed by atoms with Crippen molar-refractivity contribution in [1.29, 1.82) is 0 Å². The second kappa shape index (κ2) is 6.89. The van der Waals surface area contributed by atoms with Crippen LogP contribution in [0.5, 0.6) is 0 Å². The van der Waals surface area contributed by atoms with Crippen molar-refractivity contribution in [3.8, 4) is 0 Å². The molecular formula is C10H18O2. The number of esters is 1. The van der Waals surface area contributed by atoms with E-state index in [-0.39, 0.29) is 11.9 Å². The summed E-state index contributed by atoms with van der Waals surface area (Å²) in [6, 6.07) is 0. The fourth-order valence-electron chi connectivity index (χ4n) is 1.14. The molecule has 0 aliphatic rings. The average Bonchev–Trinajstić information content (AvgIpc) is 2.04. The Morgan fingerprint density at radius 3 is 2.67 bits per heavy atom. The van der Waals surface area contributed by atoms with E-state index >= 15 is 0 Å². The van der Waals surface area contributed by atoms with Crippen LogP contribution in [0.4, 0.5) is 0 Å². The average molecular weight is 170 g/mol. The van der Waals surface area contributed by atoms with Gasteiger partial charge in [0.25, 0.3) is 0 Å². The highest BCUT2D eigenvalue weighted by Gasteiger charge is 2.16. The molecule has 0 N–H and O–H groups in total. The van der Waals surface area contributed by atoms with E-state index in [1.807, 2.05) is 6.92 Å². The summed E-state index contributed by atoms with van der Waals surface area (Å²) in [5, 5.41) is 0. The molecule has 0 aromatic heterocycles. The van der Waals surface area contributed by atoms with E-state index in [1.165, 1.54) is 0 Å². The summed E-state index contributed by atoms with van der Waals surface area (Å²) in [7, 11) is 0. The molecule has 1 atom stereocenters. The Labute approximate surface area is 74.6 Å². The molecule has 0 aromatic rings. The molecule has 0 aliphatic heterocycles. The maximum Gasteiger partial charge on any atom is 0.309 e. The normalized spacial score (nSPS) is 12.2. The summed E-state index contributed by atoms with van der Waals surface area (Å²) >= 11 is 0. The van der Waals surface area contributed by atoms with Crippen molar-refractivity contribution in [2.75, 3.05) is 6.61 Å². The number of hydrogen-bond donors (Lipinski definition) is 0. The highest BCUT2D eigenvalue weighted by Crippen LogP contribution is 2.13. The largest absolute Gasteiger partial charge is 0.466 e. The summed E-state index contributed by atoms with van der Waals surface area (Å²) < 4.78 is 4.92. The van der Waals surface area contributed by atoms with E-state index in [0.29, 0.717) is 6.61 Å². The second-order valence-electron chi connectivity index (χ2n) is 2.76. The lowest BCUT2D eigenvalue weighted by atomic mass is 10.0. The standard InChI is InChI=1S/C10H18O2/c1-4-7-9(8-5-2)10(11)12-6-3/h4,9H,1,5-8H2,2-3H3. The van der Waals surface area contributed by atoms with Gasteiger partial charge in [0.05, 0.1) is 12.5 Å². The molecule has 2 nitrogen and oxygen atoms in total. The third-order valence-corrected chi connectivity index (χ3v) is 1.71. The van der Waals surface area contributed by atoms with Gasteiger partial charge in [0.1, 0.15) is 0 Å². The van der Waals surface area contributed by atoms with Crippen molar-refractivity contribution in [2.45, 2.75) is 33.1 Å². The molecular weight excluding hydrogens is 152 g/mol. The van der Waals surface area contributed by atoms with Gasteiger partial charge < -0.3 is 4.74 Å². The van der Waals surface area contributed by atoms with Crippen molar-refractivity contribution in [3.05, 3.63) is 12.7 Å². The van der Waals surface area contributed by atoms with Crippen LogP contribution in [0.15, 0.2) is 12.7 Å². The van der Waals surface area contributed by atoms with Crippen LogP contribution in [-0.4, -0.2) is 12.6 Å². The van der Waals surface area contributed by atoms with E-state index in [4.69, 9.17) is 4.74 Å². The molecule has 70 valence electrons. The Balaban J connectivity index is 3.89. The summed E-state index contributed by atoms with van der Waals surface area (Å²) in [6.07, 6.45) is 4.41. The molecule has 1 unspecified atom stereocenters. The molecule has 0 bridgehead atoms. The molecule has 0 radical (unpaired) electrons. The SMILES string of the molecule is C=CCC(CCC)C(=O)OCC. The van der Waals surface area contributed by atoms with Gasteiger partial charge in [-0.05, 0) is 19.8 Å². The topological polar surface area (TPSA) is 26.3 Å². The lowest BCUT2D eigenvalue weighted by molar-refractivity contribution is -0.148. The Morgan fingerprint density at radius 2 is 2.25 bits per heavy atom. The highest BCUT2D eigenvalue weighted by atomic mass is 16.5. The molecule has 0 saturated heterocycles. The Hall–Kier alpha value is -0.790. The van der Waals surface area contributed by atoms with Crippen molar-refractivity contribution in [2.24, 2.45) is 5.92 Å². The highest BCUT2D eigenvalue weighted by molar-refractivity contribution is 5.72. The number of carbonyl (C=O) groups is 1. The zero-order chi connectivity index (χ0) is 9.40. The number of rotatable bonds is 6. The minimum Gasteiger partial charge on any atom is -0.466 e. The molecule has 12 heavy (non-hydrogen) atoms. The van der Waals surface area contributed by atoms with Gasteiger partial charge in [-0.25, -0.2) is 0 Å². The van der Waals surface area contributed by atoms with Crippen molar-refractivity contribution < 1.29 is 9.53 Å². The molecule has 0 saturated carbocycles. The molecule has 0 aliphatic carbocycles. The second-order valence-corrected chi connectivity index (χ2v) is 2.76.